The zero-order valence-corrected chi connectivity index (χ0v) is 13.7. The highest BCUT2D eigenvalue weighted by atomic mass is 16.5. The molecule has 4 rings (SSSR count). The van der Waals surface area contributed by atoms with Crippen molar-refractivity contribution in [2.24, 2.45) is 13.0 Å². The first kappa shape index (κ1) is 14.9. The Kier molecular flexibility index (Phi) is 3.55. The van der Waals surface area contributed by atoms with E-state index in [-0.39, 0.29) is 17.8 Å². The number of aryl methyl sites for hydroxylation is 1. The van der Waals surface area contributed by atoms with Gasteiger partial charge in [0.2, 0.25) is 0 Å². The molecule has 0 amide bonds. The topological polar surface area (TPSA) is 74.3 Å². The minimum absolute atomic E-state index is 0.0354. The number of hydrogen-bond acceptors (Lipinski definition) is 5. The lowest BCUT2D eigenvalue weighted by molar-refractivity contribution is -0.145. The molecule has 0 bridgehead atoms. The van der Waals surface area contributed by atoms with Crippen LogP contribution in [0.1, 0.15) is 30.9 Å². The van der Waals surface area contributed by atoms with E-state index in [0.29, 0.717) is 0 Å². The molecule has 1 fully saturated rings. The van der Waals surface area contributed by atoms with E-state index in [0.717, 1.165) is 41.7 Å². The zero-order valence-electron chi connectivity index (χ0n) is 13.7. The molecule has 0 N–H and O–H groups in total. The van der Waals surface area contributed by atoms with E-state index in [2.05, 4.69) is 10.2 Å². The van der Waals surface area contributed by atoms with Crippen molar-refractivity contribution in [3.8, 4) is 11.3 Å². The van der Waals surface area contributed by atoms with Gasteiger partial charge in [-0.15, -0.1) is 0 Å². The fraction of sp³-hybridized carbons (Fsp3) is 0.412. The van der Waals surface area contributed by atoms with E-state index in [1.165, 1.54) is 7.11 Å². The molecule has 0 radical (unpaired) electrons. The Labute approximate surface area is 139 Å². The molecular formula is C17H19N5O2. The summed E-state index contributed by atoms with van der Waals surface area (Å²) in [6, 6.07) is 1.97. The van der Waals surface area contributed by atoms with Gasteiger partial charge < -0.3 is 4.74 Å². The maximum absolute atomic E-state index is 11.8. The van der Waals surface area contributed by atoms with E-state index in [4.69, 9.17) is 9.72 Å². The fourth-order valence-corrected chi connectivity index (χ4v) is 3.56. The Bertz CT molecular complexity index is 897. The van der Waals surface area contributed by atoms with Crippen molar-refractivity contribution in [1.82, 2.24) is 24.4 Å². The summed E-state index contributed by atoms with van der Waals surface area (Å²) in [5, 5.41) is 8.59. The van der Waals surface area contributed by atoms with Gasteiger partial charge in [-0.1, -0.05) is 0 Å². The molecule has 3 aromatic heterocycles. The van der Waals surface area contributed by atoms with Crippen molar-refractivity contribution < 1.29 is 9.53 Å². The number of carbonyl (C=O) groups is 1. The molecular weight excluding hydrogens is 306 g/mol. The van der Waals surface area contributed by atoms with Crippen LogP contribution >= 0.6 is 0 Å². The summed E-state index contributed by atoms with van der Waals surface area (Å²) in [7, 11) is 3.33. The third-order valence-corrected chi connectivity index (χ3v) is 4.77. The lowest BCUT2D eigenvalue weighted by Crippen LogP contribution is -2.13. The summed E-state index contributed by atoms with van der Waals surface area (Å²) in [6.45, 7) is 0. The van der Waals surface area contributed by atoms with Crippen LogP contribution in [0.4, 0.5) is 0 Å². The van der Waals surface area contributed by atoms with Crippen molar-refractivity contribution >= 4 is 11.5 Å². The normalized spacial score (nSPS) is 20.6. The molecule has 0 aromatic carbocycles. The van der Waals surface area contributed by atoms with Crippen LogP contribution in [0, 0.1) is 5.92 Å². The SMILES string of the molecule is COC(=O)C1CCC(c2nc(-c3cnn(C)c3)cn3nccc23)C1. The third-order valence-electron chi connectivity index (χ3n) is 4.77. The summed E-state index contributed by atoms with van der Waals surface area (Å²) in [6.07, 6.45) is 9.99. The number of carbonyl (C=O) groups excluding carboxylic acids is 1. The molecule has 0 spiro atoms. The van der Waals surface area contributed by atoms with Gasteiger partial charge >= 0.3 is 5.97 Å². The summed E-state index contributed by atoms with van der Waals surface area (Å²) in [5.41, 5.74) is 3.80. The maximum Gasteiger partial charge on any atom is 0.308 e. The maximum atomic E-state index is 11.8. The van der Waals surface area contributed by atoms with E-state index in [1.54, 1.807) is 17.1 Å². The van der Waals surface area contributed by atoms with Gasteiger partial charge in [-0.2, -0.15) is 10.2 Å². The Balaban J connectivity index is 1.75. The Morgan fingerprint density at radius 1 is 1.29 bits per heavy atom. The molecule has 124 valence electrons. The molecule has 0 saturated heterocycles. The van der Waals surface area contributed by atoms with E-state index >= 15 is 0 Å². The molecule has 7 heteroatoms. The van der Waals surface area contributed by atoms with Gasteiger partial charge in [0.1, 0.15) is 0 Å². The van der Waals surface area contributed by atoms with Crippen LogP contribution in [0.3, 0.4) is 0 Å². The van der Waals surface area contributed by atoms with E-state index in [9.17, 15) is 4.79 Å². The Morgan fingerprint density at radius 3 is 2.92 bits per heavy atom. The molecule has 3 heterocycles. The fourth-order valence-electron chi connectivity index (χ4n) is 3.56. The first-order chi connectivity index (χ1) is 11.7. The largest absolute Gasteiger partial charge is 0.469 e. The molecule has 7 nitrogen and oxygen atoms in total. The quantitative estimate of drug-likeness (QED) is 0.690. The standard InChI is InChI=1S/C17H19N5O2/c1-21-9-13(8-19-21)14-10-22-15(5-6-18-22)16(20-14)11-3-4-12(7-11)17(23)24-2/h5-6,8-12H,3-4,7H2,1-2H3. The predicted octanol–water partition coefficient (Wildman–Crippen LogP) is 2.19. The number of hydrogen-bond donors (Lipinski definition) is 0. The monoisotopic (exact) mass is 325 g/mol. The van der Waals surface area contributed by atoms with Crippen LogP contribution in [0.5, 0.6) is 0 Å². The molecule has 3 aromatic rings. The van der Waals surface area contributed by atoms with E-state index < -0.39 is 0 Å². The number of nitrogens with zero attached hydrogens (tertiary/aromatic N) is 5. The third kappa shape index (κ3) is 2.46. The first-order valence-corrected chi connectivity index (χ1v) is 8.07. The molecule has 24 heavy (non-hydrogen) atoms. The van der Waals surface area contributed by atoms with Crippen LogP contribution in [0.25, 0.3) is 16.8 Å². The zero-order chi connectivity index (χ0) is 16.7. The molecule has 1 saturated carbocycles. The van der Waals surface area contributed by atoms with Gasteiger partial charge in [0.05, 0.1) is 48.5 Å². The van der Waals surface area contributed by atoms with Crippen molar-refractivity contribution in [3.05, 3.63) is 36.5 Å². The number of ether oxygens (including phenoxy) is 1. The number of esters is 1. The highest BCUT2D eigenvalue weighted by Crippen LogP contribution is 2.40. The molecule has 2 atom stereocenters. The Hall–Kier alpha value is -2.70. The number of aromatic nitrogens is 5. The summed E-state index contributed by atoms with van der Waals surface area (Å²) >= 11 is 0. The first-order valence-electron chi connectivity index (χ1n) is 8.07. The minimum Gasteiger partial charge on any atom is -0.469 e. The molecule has 2 unspecified atom stereocenters. The second-order valence-corrected chi connectivity index (χ2v) is 6.31. The number of methoxy groups -OCH3 is 1. The lowest BCUT2D eigenvalue weighted by atomic mass is 10.00. The smallest absolute Gasteiger partial charge is 0.308 e. The van der Waals surface area contributed by atoms with Crippen molar-refractivity contribution in [2.75, 3.05) is 7.11 Å². The number of rotatable bonds is 3. The van der Waals surface area contributed by atoms with Gasteiger partial charge in [0, 0.05) is 24.7 Å². The highest BCUT2D eigenvalue weighted by molar-refractivity contribution is 5.73. The molecule has 0 aliphatic heterocycles. The second-order valence-electron chi connectivity index (χ2n) is 6.31. The summed E-state index contributed by atoms with van der Waals surface area (Å²) in [4.78, 5) is 16.7. The van der Waals surface area contributed by atoms with Crippen LogP contribution in [-0.4, -0.2) is 37.5 Å². The van der Waals surface area contributed by atoms with Crippen molar-refractivity contribution in [2.45, 2.75) is 25.2 Å². The number of fused-ring (bicyclic) bond motifs is 1. The summed E-state index contributed by atoms with van der Waals surface area (Å²) in [5.74, 6) is 0.0854. The van der Waals surface area contributed by atoms with Gasteiger partial charge in [0.15, 0.2) is 0 Å². The van der Waals surface area contributed by atoms with Crippen LogP contribution < -0.4 is 0 Å². The highest BCUT2D eigenvalue weighted by Gasteiger charge is 2.33. The van der Waals surface area contributed by atoms with E-state index in [1.807, 2.05) is 30.0 Å². The minimum atomic E-state index is -0.120. The molecule has 1 aliphatic rings. The van der Waals surface area contributed by atoms with Gasteiger partial charge in [-0.3, -0.25) is 9.48 Å². The van der Waals surface area contributed by atoms with Crippen LogP contribution in [-0.2, 0) is 16.6 Å². The van der Waals surface area contributed by atoms with Crippen molar-refractivity contribution in [3.63, 3.8) is 0 Å². The lowest BCUT2D eigenvalue weighted by Gasteiger charge is -2.13. The van der Waals surface area contributed by atoms with Gasteiger partial charge in [-0.25, -0.2) is 9.50 Å². The van der Waals surface area contributed by atoms with Crippen LogP contribution in [0.2, 0.25) is 0 Å². The molecule has 1 aliphatic carbocycles. The average Bonchev–Trinajstić information content (AvgIpc) is 3.32. The summed E-state index contributed by atoms with van der Waals surface area (Å²) < 4.78 is 8.51. The van der Waals surface area contributed by atoms with Gasteiger partial charge in [-0.05, 0) is 25.3 Å². The van der Waals surface area contributed by atoms with Crippen LogP contribution in [0.15, 0.2) is 30.9 Å². The Morgan fingerprint density at radius 2 is 2.17 bits per heavy atom. The predicted molar refractivity (Wildman–Crippen MR) is 87.3 cm³/mol. The second kappa shape index (κ2) is 5.74. The van der Waals surface area contributed by atoms with Crippen molar-refractivity contribution in [1.29, 1.82) is 0 Å². The average molecular weight is 325 g/mol. The van der Waals surface area contributed by atoms with Gasteiger partial charge in [0.25, 0.3) is 0 Å².